The molecule has 7 nitrogen and oxygen atoms in total. The van der Waals surface area contributed by atoms with Crippen molar-refractivity contribution in [3.8, 4) is 5.88 Å². The summed E-state index contributed by atoms with van der Waals surface area (Å²) >= 11 is 0. The van der Waals surface area contributed by atoms with Gasteiger partial charge in [0.05, 0.1) is 6.61 Å². The number of nitrogen functional groups attached to an aromatic ring is 1. The molecule has 4 N–H and O–H groups in total. The molecule has 0 amide bonds. The maximum Gasteiger partial charge on any atom is 0.242 e. The summed E-state index contributed by atoms with van der Waals surface area (Å²) in [5.74, 6) is 2.01. The molecule has 19 heavy (non-hydrogen) atoms. The standard InChI is InChI=1S/C12H18N6O/c1-2-19-12-10(13)11(17-8-18-12)16-5-3-4-9-14-6-7-15-9/h6-8H,2-5,13H2,1H3,(H,14,15)(H,16,17,18). The van der Waals surface area contributed by atoms with Crippen molar-refractivity contribution in [2.45, 2.75) is 19.8 Å². The number of hydrogen-bond acceptors (Lipinski definition) is 6. The molecule has 0 fully saturated rings. The third-order valence-corrected chi connectivity index (χ3v) is 2.57. The smallest absolute Gasteiger partial charge is 0.242 e. The molecule has 0 saturated carbocycles. The largest absolute Gasteiger partial charge is 0.476 e. The molecule has 0 bridgehead atoms. The second kappa shape index (κ2) is 6.58. The SMILES string of the molecule is CCOc1ncnc(NCCCc2ncc[nH]2)c1N. The molecule has 0 unspecified atom stereocenters. The number of nitrogens with one attached hydrogen (secondary N) is 2. The minimum atomic E-state index is 0.422. The van der Waals surface area contributed by atoms with Gasteiger partial charge < -0.3 is 20.8 Å². The zero-order valence-corrected chi connectivity index (χ0v) is 10.9. The van der Waals surface area contributed by atoms with E-state index in [2.05, 4.69) is 25.3 Å². The van der Waals surface area contributed by atoms with Crippen LogP contribution in [0.5, 0.6) is 5.88 Å². The van der Waals surface area contributed by atoms with Gasteiger partial charge in [-0.1, -0.05) is 0 Å². The summed E-state index contributed by atoms with van der Waals surface area (Å²) in [5, 5.41) is 3.18. The highest BCUT2D eigenvalue weighted by Gasteiger charge is 2.08. The highest BCUT2D eigenvalue weighted by Crippen LogP contribution is 2.24. The van der Waals surface area contributed by atoms with Gasteiger partial charge in [0.25, 0.3) is 0 Å². The Kier molecular flexibility index (Phi) is 4.54. The summed E-state index contributed by atoms with van der Waals surface area (Å²) in [6.45, 7) is 3.17. The Balaban J connectivity index is 1.83. The number of hydrogen-bond donors (Lipinski definition) is 3. The van der Waals surface area contributed by atoms with Crippen molar-refractivity contribution >= 4 is 11.5 Å². The minimum absolute atomic E-state index is 0.422. The molecule has 2 heterocycles. The van der Waals surface area contributed by atoms with E-state index in [4.69, 9.17) is 10.5 Å². The fourth-order valence-corrected chi connectivity index (χ4v) is 1.67. The van der Waals surface area contributed by atoms with Crippen molar-refractivity contribution in [3.05, 3.63) is 24.5 Å². The molecule has 0 radical (unpaired) electrons. The summed E-state index contributed by atoms with van der Waals surface area (Å²) in [5.41, 5.74) is 6.36. The fourth-order valence-electron chi connectivity index (χ4n) is 1.67. The number of anilines is 2. The highest BCUT2D eigenvalue weighted by atomic mass is 16.5. The van der Waals surface area contributed by atoms with E-state index in [1.807, 2.05) is 13.1 Å². The van der Waals surface area contributed by atoms with Crippen LogP contribution in [0.2, 0.25) is 0 Å². The van der Waals surface area contributed by atoms with Gasteiger partial charge in [-0.2, -0.15) is 4.98 Å². The van der Waals surface area contributed by atoms with E-state index in [0.717, 1.165) is 25.2 Å². The first-order valence-corrected chi connectivity index (χ1v) is 6.26. The van der Waals surface area contributed by atoms with Crippen LogP contribution in [0.15, 0.2) is 18.7 Å². The van der Waals surface area contributed by atoms with E-state index >= 15 is 0 Å². The van der Waals surface area contributed by atoms with Crippen LogP contribution in [0.25, 0.3) is 0 Å². The summed E-state index contributed by atoms with van der Waals surface area (Å²) < 4.78 is 5.31. The number of ether oxygens (including phenoxy) is 1. The van der Waals surface area contributed by atoms with Crippen LogP contribution in [-0.2, 0) is 6.42 Å². The highest BCUT2D eigenvalue weighted by molar-refractivity contribution is 5.66. The molecule has 102 valence electrons. The lowest BCUT2D eigenvalue weighted by atomic mass is 10.3. The van der Waals surface area contributed by atoms with Crippen LogP contribution in [0, 0.1) is 0 Å². The second-order valence-corrected chi connectivity index (χ2v) is 3.94. The summed E-state index contributed by atoms with van der Waals surface area (Å²) in [6.07, 6.45) is 6.82. The lowest BCUT2D eigenvalue weighted by Gasteiger charge is -2.10. The first-order chi connectivity index (χ1) is 9.31. The van der Waals surface area contributed by atoms with Crippen molar-refractivity contribution in [3.63, 3.8) is 0 Å². The van der Waals surface area contributed by atoms with E-state index < -0.39 is 0 Å². The van der Waals surface area contributed by atoms with Crippen LogP contribution >= 0.6 is 0 Å². The predicted molar refractivity (Wildman–Crippen MR) is 73.0 cm³/mol. The van der Waals surface area contributed by atoms with Crippen LogP contribution in [0.1, 0.15) is 19.2 Å². The number of nitrogens with two attached hydrogens (primary N) is 1. The Labute approximate surface area is 111 Å². The topological polar surface area (TPSA) is 102 Å². The van der Waals surface area contributed by atoms with Crippen molar-refractivity contribution in [2.24, 2.45) is 0 Å². The van der Waals surface area contributed by atoms with E-state index in [0.29, 0.717) is 24.0 Å². The summed E-state index contributed by atoms with van der Waals surface area (Å²) in [4.78, 5) is 15.3. The maximum absolute atomic E-state index is 5.92. The predicted octanol–water partition coefficient (Wildman–Crippen LogP) is 1.23. The average molecular weight is 262 g/mol. The zero-order valence-electron chi connectivity index (χ0n) is 10.9. The molecular weight excluding hydrogens is 244 g/mol. The lowest BCUT2D eigenvalue weighted by Crippen LogP contribution is -2.09. The second-order valence-electron chi connectivity index (χ2n) is 3.94. The van der Waals surface area contributed by atoms with Crippen LogP contribution in [-0.4, -0.2) is 33.1 Å². The molecule has 0 aliphatic carbocycles. The van der Waals surface area contributed by atoms with Crippen LogP contribution in [0.4, 0.5) is 11.5 Å². The number of nitrogens with zero attached hydrogens (tertiary/aromatic N) is 3. The molecular formula is C12H18N6O. The van der Waals surface area contributed by atoms with Gasteiger partial charge in [-0.05, 0) is 13.3 Å². The normalized spacial score (nSPS) is 10.4. The van der Waals surface area contributed by atoms with Crippen molar-refractivity contribution < 1.29 is 4.74 Å². The molecule has 2 aromatic heterocycles. The molecule has 0 aliphatic rings. The molecule has 0 spiro atoms. The zero-order chi connectivity index (χ0) is 13.5. The first kappa shape index (κ1) is 13.1. The van der Waals surface area contributed by atoms with Crippen molar-refractivity contribution in [2.75, 3.05) is 24.2 Å². The molecule has 2 rings (SSSR count). The Morgan fingerprint density at radius 1 is 1.37 bits per heavy atom. The van der Waals surface area contributed by atoms with Gasteiger partial charge in [0.15, 0.2) is 5.82 Å². The fraction of sp³-hybridized carbons (Fsp3) is 0.417. The summed E-state index contributed by atoms with van der Waals surface area (Å²) in [7, 11) is 0. The molecule has 0 aromatic carbocycles. The number of aryl methyl sites for hydroxylation is 1. The number of H-pyrrole nitrogens is 1. The Morgan fingerprint density at radius 2 is 2.26 bits per heavy atom. The van der Waals surface area contributed by atoms with Gasteiger partial charge in [-0.3, -0.25) is 0 Å². The quantitative estimate of drug-likeness (QED) is 0.648. The van der Waals surface area contributed by atoms with Gasteiger partial charge in [-0.25, -0.2) is 9.97 Å². The Hall–Kier alpha value is -2.31. The van der Waals surface area contributed by atoms with E-state index in [9.17, 15) is 0 Å². The third kappa shape index (κ3) is 3.57. The molecule has 0 aliphatic heterocycles. The summed E-state index contributed by atoms with van der Waals surface area (Å²) in [6, 6.07) is 0. The number of aromatic nitrogens is 4. The number of imidazole rings is 1. The monoisotopic (exact) mass is 262 g/mol. The van der Waals surface area contributed by atoms with Gasteiger partial charge in [-0.15, -0.1) is 0 Å². The molecule has 7 heteroatoms. The lowest BCUT2D eigenvalue weighted by molar-refractivity contribution is 0.328. The average Bonchev–Trinajstić information content (AvgIpc) is 2.92. The maximum atomic E-state index is 5.92. The number of rotatable bonds is 7. The van der Waals surface area contributed by atoms with Crippen LogP contribution < -0.4 is 15.8 Å². The van der Waals surface area contributed by atoms with Gasteiger partial charge >= 0.3 is 0 Å². The van der Waals surface area contributed by atoms with Crippen molar-refractivity contribution in [1.29, 1.82) is 0 Å². The van der Waals surface area contributed by atoms with Crippen LogP contribution in [0.3, 0.4) is 0 Å². The molecule has 0 atom stereocenters. The van der Waals surface area contributed by atoms with Gasteiger partial charge in [0.1, 0.15) is 17.8 Å². The minimum Gasteiger partial charge on any atom is -0.476 e. The van der Waals surface area contributed by atoms with Crippen molar-refractivity contribution in [1.82, 2.24) is 19.9 Å². The Bertz CT molecular complexity index is 499. The van der Waals surface area contributed by atoms with Gasteiger partial charge in [0.2, 0.25) is 5.88 Å². The first-order valence-electron chi connectivity index (χ1n) is 6.26. The van der Waals surface area contributed by atoms with Gasteiger partial charge in [0, 0.05) is 25.4 Å². The van der Waals surface area contributed by atoms with E-state index in [1.165, 1.54) is 6.33 Å². The third-order valence-electron chi connectivity index (χ3n) is 2.57. The number of aromatic amines is 1. The van der Waals surface area contributed by atoms with E-state index in [-0.39, 0.29) is 0 Å². The molecule has 0 saturated heterocycles. The Morgan fingerprint density at radius 3 is 3.00 bits per heavy atom. The molecule has 2 aromatic rings. The van der Waals surface area contributed by atoms with E-state index in [1.54, 1.807) is 6.20 Å².